The zero-order valence-corrected chi connectivity index (χ0v) is 14.3. The molecule has 0 radical (unpaired) electrons. The molecule has 7 heteroatoms. The number of hydrogen-bond donors (Lipinski definition) is 1. The number of ether oxygens (including phenoxy) is 1. The van der Waals surface area contributed by atoms with Gasteiger partial charge in [-0.15, -0.1) is 11.3 Å². The van der Waals surface area contributed by atoms with Gasteiger partial charge < -0.3 is 10.1 Å². The maximum atomic E-state index is 13.6. The van der Waals surface area contributed by atoms with E-state index in [0.717, 1.165) is 23.8 Å². The molecule has 3 rings (SSSR count). The molecule has 3 nitrogen and oxygen atoms in total. The molecule has 0 bridgehead atoms. The van der Waals surface area contributed by atoms with Gasteiger partial charge in [0.1, 0.15) is 24.0 Å². The summed E-state index contributed by atoms with van der Waals surface area (Å²) < 4.78 is 32.3. The Morgan fingerprint density at radius 1 is 1.16 bits per heavy atom. The van der Waals surface area contributed by atoms with Crippen molar-refractivity contribution >= 4 is 34.5 Å². The highest BCUT2D eigenvalue weighted by molar-refractivity contribution is 7.12. The maximum absolute atomic E-state index is 13.6. The van der Waals surface area contributed by atoms with Crippen molar-refractivity contribution in [2.45, 2.75) is 6.61 Å². The van der Waals surface area contributed by atoms with Crippen LogP contribution in [0.1, 0.15) is 15.2 Å². The Morgan fingerprint density at radius 2 is 2.00 bits per heavy atom. The lowest BCUT2D eigenvalue weighted by molar-refractivity contribution is 0.103. The maximum Gasteiger partial charge on any atom is 0.265 e. The van der Waals surface area contributed by atoms with Crippen molar-refractivity contribution in [2.75, 3.05) is 5.32 Å². The summed E-state index contributed by atoms with van der Waals surface area (Å²) in [6.07, 6.45) is 0. The fourth-order valence-electron chi connectivity index (χ4n) is 2.07. The summed E-state index contributed by atoms with van der Waals surface area (Å²) in [6.45, 7) is 0.262. The zero-order valence-electron chi connectivity index (χ0n) is 12.8. The van der Waals surface area contributed by atoms with Crippen LogP contribution in [0.3, 0.4) is 0 Å². The normalized spacial score (nSPS) is 10.5. The SMILES string of the molecule is O=C(Nc1cc(F)ccc1F)c1cc(COc2cccc(Cl)c2)cs1. The van der Waals surface area contributed by atoms with Gasteiger partial charge >= 0.3 is 0 Å². The number of nitrogens with one attached hydrogen (secondary N) is 1. The van der Waals surface area contributed by atoms with Crippen LogP contribution in [0.4, 0.5) is 14.5 Å². The Bertz CT molecular complexity index is 914. The van der Waals surface area contributed by atoms with Crippen LogP contribution >= 0.6 is 22.9 Å². The lowest BCUT2D eigenvalue weighted by Gasteiger charge is -2.05. The Hall–Kier alpha value is -2.44. The second kappa shape index (κ2) is 7.63. The molecule has 128 valence electrons. The Balaban J connectivity index is 1.64. The predicted octanol–water partition coefficient (Wildman–Crippen LogP) is 5.51. The van der Waals surface area contributed by atoms with E-state index in [2.05, 4.69) is 5.32 Å². The summed E-state index contributed by atoms with van der Waals surface area (Å²) in [5.41, 5.74) is 0.588. The van der Waals surface area contributed by atoms with Crippen LogP contribution in [0.5, 0.6) is 5.75 Å². The average molecular weight is 380 g/mol. The van der Waals surface area contributed by atoms with Gasteiger partial charge in [0, 0.05) is 16.7 Å². The highest BCUT2D eigenvalue weighted by atomic mass is 35.5. The monoisotopic (exact) mass is 379 g/mol. The predicted molar refractivity (Wildman–Crippen MR) is 94.4 cm³/mol. The van der Waals surface area contributed by atoms with Crippen molar-refractivity contribution in [1.29, 1.82) is 0 Å². The molecular weight excluding hydrogens is 368 g/mol. The van der Waals surface area contributed by atoms with Crippen LogP contribution in [0.2, 0.25) is 5.02 Å². The molecule has 1 heterocycles. The van der Waals surface area contributed by atoms with Crippen molar-refractivity contribution in [3.63, 3.8) is 0 Å². The third-order valence-electron chi connectivity index (χ3n) is 3.26. The van der Waals surface area contributed by atoms with E-state index in [1.54, 1.807) is 35.7 Å². The number of benzene rings is 2. The molecule has 25 heavy (non-hydrogen) atoms. The van der Waals surface area contributed by atoms with E-state index in [4.69, 9.17) is 16.3 Å². The van der Waals surface area contributed by atoms with Gasteiger partial charge in [0.05, 0.1) is 10.6 Å². The molecule has 0 aliphatic carbocycles. The largest absolute Gasteiger partial charge is 0.489 e. The Kier molecular flexibility index (Phi) is 5.31. The van der Waals surface area contributed by atoms with Gasteiger partial charge in [0.25, 0.3) is 5.91 Å². The topological polar surface area (TPSA) is 38.3 Å². The molecule has 2 aromatic carbocycles. The van der Waals surface area contributed by atoms with Crippen molar-refractivity contribution in [3.05, 3.63) is 81.0 Å². The van der Waals surface area contributed by atoms with E-state index < -0.39 is 17.5 Å². The van der Waals surface area contributed by atoms with E-state index in [1.165, 1.54) is 11.3 Å². The minimum atomic E-state index is -0.698. The van der Waals surface area contributed by atoms with Crippen LogP contribution in [0.15, 0.2) is 53.9 Å². The first-order valence-corrected chi connectivity index (χ1v) is 8.49. The molecular formula is C18H12ClF2NO2S. The number of anilines is 1. The van der Waals surface area contributed by atoms with Crippen LogP contribution in [-0.2, 0) is 6.61 Å². The Morgan fingerprint density at radius 3 is 2.80 bits per heavy atom. The lowest BCUT2D eigenvalue weighted by Crippen LogP contribution is -2.11. The van der Waals surface area contributed by atoms with E-state index >= 15 is 0 Å². The van der Waals surface area contributed by atoms with Gasteiger partial charge in [-0.05, 0) is 41.8 Å². The van der Waals surface area contributed by atoms with Crippen molar-refractivity contribution in [3.8, 4) is 5.75 Å². The number of halogens is 3. The summed E-state index contributed by atoms with van der Waals surface area (Å²) in [6, 6.07) is 11.5. The third kappa shape index (κ3) is 4.55. The third-order valence-corrected chi connectivity index (χ3v) is 4.47. The van der Waals surface area contributed by atoms with Gasteiger partial charge in [-0.3, -0.25) is 4.79 Å². The van der Waals surface area contributed by atoms with Gasteiger partial charge in [0.2, 0.25) is 0 Å². The fraction of sp³-hybridized carbons (Fsp3) is 0.0556. The molecule has 0 atom stereocenters. The molecule has 0 aliphatic rings. The highest BCUT2D eigenvalue weighted by Gasteiger charge is 2.13. The number of carbonyl (C=O) groups is 1. The van der Waals surface area contributed by atoms with Gasteiger partial charge in [-0.1, -0.05) is 17.7 Å². The molecule has 1 amide bonds. The van der Waals surface area contributed by atoms with Crippen LogP contribution in [0, 0.1) is 11.6 Å². The lowest BCUT2D eigenvalue weighted by atomic mass is 10.2. The van der Waals surface area contributed by atoms with E-state index in [1.807, 2.05) is 0 Å². The van der Waals surface area contributed by atoms with Gasteiger partial charge in [-0.2, -0.15) is 0 Å². The first-order chi connectivity index (χ1) is 12.0. The second-order valence-corrected chi connectivity index (χ2v) is 6.49. The van der Waals surface area contributed by atoms with Crippen molar-refractivity contribution < 1.29 is 18.3 Å². The standard InChI is InChI=1S/C18H12ClF2NO2S/c19-12-2-1-3-14(7-12)24-9-11-6-17(25-10-11)18(23)22-16-8-13(20)4-5-15(16)21/h1-8,10H,9H2,(H,22,23). The summed E-state index contributed by atoms with van der Waals surface area (Å²) in [7, 11) is 0. The minimum Gasteiger partial charge on any atom is -0.489 e. The molecule has 0 saturated heterocycles. The Labute approximate surface area is 151 Å². The van der Waals surface area contributed by atoms with Crippen LogP contribution < -0.4 is 10.1 Å². The second-order valence-electron chi connectivity index (χ2n) is 5.14. The quantitative estimate of drug-likeness (QED) is 0.634. The van der Waals surface area contributed by atoms with Crippen LogP contribution in [-0.4, -0.2) is 5.91 Å². The molecule has 0 unspecified atom stereocenters. The van der Waals surface area contributed by atoms with Gasteiger partial charge in [-0.25, -0.2) is 8.78 Å². The number of thiophene rings is 1. The average Bonchev–Trinajstić information content (AvgIpc) is 3.05. The molecule has 3 aromatic rings. The fourth-order valence-corrected chi connectivity index (χ4v) is 3.04. The number of carbonyl (C=O) groups excluding carboxylic acids is 1. The first kappa shape index (κ1) is 17.4. The summed E-state index contributed by atoms with van der Waals surface area (Å²) in [4.78, 5) is 12.5. The van der Waals surface area contributed by atoms with E-state index in [0.29, 0.717) is 15.6 Å². The molecule has 0 saturated carbocycles. The molecule has 0 spiro atoms. The van der Waals surface area contributed by atoms with E-state index in [-0.39, 0.29) is 12.3 Å². The molecule has 1 N–H and O–H groups in total. The molecule has 0 aliphatic heterocycles. The number of rotatable bonds is 5. The number of hydrogen-bond acceptors (Lipinski definition) is 3. The smallest absolute Gasteiger partial charge is 0.265 e. The van der Waals surface area contributed by atoms with Crippen molar-refractivity contribution in [1.82, 2.24) is 0 Å². The van der Waals surface area contributed by atoms with Gasteiger partial charge in [0.15, 0.2) is 0 Å². The summed E-state index contributed by atoms with van der Waals surface area (Å²) in [5, 5.41) is 4.69. The summed E-state index contributed by atoms with van der Waals surface area (Å²) >= 11 is 7.08. The number of amides is 1. The molecule has 0 fully saturated rings. The van der Waals surface area contributed by atoms with Crippen LogP contribution in [0.25, 0.3) is 0 Å². The highest BCUT2D eigenvalue weighted by Crippen LogP contribution is 2.22. The summed E-state index contributed by atoms with van der Waals surface area (Å²) in [5.74, 6) is -1.22. The minimum absolute atomic E-state index is 0.199. The molecule has 1 aromatic heterocycles. The first-order valence-electron chi connectivity index (χ1n) is 7.23. The van der Waals surface area contributed by atoms with E-state index in [9.17, 15) is 13.6 Å². The van der Waals surface area contributed by atoms with Crippen molar-refractivity contribution in [2.24, 2.45) is 0 Å². The zero-order chi connectivity index (χ0) is 17.8.